The van der Waals surface area contributed by atoms with Gasteiger partial charge in [-0.3, -0.25) is 18.9 Å². The molecule has 4 aromatic heterocycles. The van der Waals surface area contributed by atoms with E-state index in [0.29, 0.717) is 11.4 Å². The van der Waals surface area contributed by atoms with Crippen LogP contribution in [0.5, 0.6) is 0 Å². The molecule has 128 valence electrons. The number of imidazole rings is 1. The van der Waals surface area contributed by atoms with E-state index in [9.17, 15) is 9.59 Å². The molecule has 11 nitrogen and oxygen atoms in total. The molecular formula is C15H10N8O3. The average molecular weight is 350 g/mol. The summed E-state index contributed by atoms with van der Waals surface area (Å²) in [5.74, 6) is -0.345. The number of aromatic nitrogens is 7. The molecule has 0 aliphatic heterocycles. The van der Waals surface area contributed by atoms with E-state index >= 15 is 0 Å². The summed E-state index contributed by atoms with van der Waals surface area (Å²) < 4.78 is 6.14. The third-order valence-electron chi connectivity index (χ3n) is 3.39. The Hall–Kier alpha value is -4.15. The van der Waals surface area contributed by atoms with Gasteiger partial charge in [-0.05, 0) is 24.3 Å². The number of nitrogens with one attached hydrogen (secondary N) is 2. The zero-order chi connectivity index (χ0) is 17.9. The first-order valence-electron chi connectivity index (χ1n) is 7.35. The minimum absolute atomic E-state index is 0.0964. The predicted molar refractivity (Wildman–Crippen MR) is 87.5 cm³/mol. The Bertz CT molecular complexity index is 1100. The number of anilines is 1. The molecule has 0 unspecified atom stereocenters. The molecule has 0 spiro atoms. The molecule has 4 heterocycles. The third kappa shape index (κ3) is 2.96. The molecule has 1 amide bonds. The molecule has 0 aliphatic rings. The number of H-pyrrole nitrogens is 1. The van der Waals surface area contributed by atoms with Crippen LogP contribution in [0.1, 0.15) is 10.5 Å². The lowest BCUT2D eigenvalue weighted by atomic mass is 10.2. The van der Waals surface area contributed by atoms with E-state index in [1.807, 2.05) is 0 Å². The van der Waals surface area contributed by atoms with Crippen LogP contribution in [0.3, 0.4) is 0 Å². The van der Waals surface area contributed by atoms with Gasteiger partial charge in [-0.15, -0.1) is 10.2 Å². The lowest BCUT2D eigenvalue weighted by Gasteiger charge is -2.07. The van der Waals surface area contributed by atoms with Crippen molar-refractivity contribution in [1.82, 2.24) is 34.9 Å². The molecule has 0 fully saturated rings. The van der Waals surface area contributed by atoms with Crippen molar-refractivity contribution >= 4 is 11.7 Å². The van der Waals surface area contributed by atoms with Crippen LogP contribution in [0.15, 0.2) is 58.5 Å². The van der Waals surface area contributed by atoms with E-state index < -0.39 is 11.7 Å². The summed E-state index contributed by atoms with van der Waals surface area (Å²) in [5.41, 5.74) is 0.494. The maximum absolute atomic E-state index is 12.4. The fraction of sp³-hybridized carbons (Fsp3) is 0. The smallest absolute Gasteiger partial charge is 0.305 e. The van der Waals surface area contributed by atoms with Crippen molar-refractivity contribution in [1.29, 1.82) is 0 Å². The molecule has 0 radical (unpaired) electrons. The van der Waals surface area contributed by atoms with Crippen molar-refractivity contribution < 1.29 is 9.32 Å². The van der Waals surface area contributed by atoms with Crippen molar-refractivity contribution in [2.45, 2.75) is 0 Å². The molecule has 4 aromatic rings. The van der Waals surface area contributed by atoms with E-state index in [0.717, 1.165) is 0 Å². The molecule has 0 aliphatic carbocycles. The first kappa shape index (κ1) is 15.4. The van der Waals surface area contributed by atoms with Crippen molar-refractivity contribution in [3.05, 3.63) is 65.4 Å². The van der Waals surface area contributed by atoms with Crippen LogP contribution >= 0.6 is 0 Å². The molecular weight excluding hydrogens is 340 g/mol. The molecule has 0 saturated heterocycles. The number of hydrogen-bond acceptors (Lipinski definition) is 8. The lowest BCUT2D eigenvalue weighted by Crippen LogP contribution is -2.16. The second kappa shape index (κ2) is 6.39. The number of pyridine rings is 1. The topological polar surface area (TPSA) is 144 Å². The Morgan fingerprint density at radius 2 is 2.12 bits per heavy atom. The van der Waals surface area contributed by atoms with Crippen molar-refractivity contribution in [2.75, 3.05) is 5.32 Å². The average Bonchev–Trinajstić information content (AvgIpc) is 3.34. The number of carbonyl (C=O) groups is 1. The maximum atomic E-state index is 12.4. The zero-order valence-electron chi connectivity index (χ0n) is 13.0. The van der Waals surface area contributed by atoms with Crippen molar-refractivity contribution in [3.63, 3.8) is 0 Å². The minimum Gasteiger partial charge on any atom is -0.305 e. The van der Waals surface area contributed by atoms with Crippen LogP contribution < -0.4 is 11.1 Å². The number of rotatable bonds is 4. The molecule has 2 N–H and O–H groups in total. The van der Waals surface area contributed by atoms with Gasteiger partial charge in [-0.25, -0.2) is 14.8 Å². The quantitative estimate of drug-likeness (QED) is 0.546. The van der Waals surface area contributed by atoms with E-state index in [4.69, 9.17) is 0 Å². The Balaban J connectivity index is 1.58. The summed E-state index contributed by atoms with van der Waals surface area (Å²) in [6.07, 6.45) is 6.38. The van der Waals surface area contributed by atoms with Gasteiger partial charge in [0.05, 0.1) is 5.56 Å². The molecule has 0 saturated carbocycles. The van der Waals surface area contributed by atoms with E-state index in [1.54, 1.807) is 41.5 Å². The molecule has 4 rings (SSSR count). The summed E-state index contributed by atoms with van der Waals surface area (Å²) in [5, 5.41) is 14.1. The molecule has 0 bridgehead atoms. The summed E-state index contributed by atoms with van der Waals surface area (Å²) >= 11 is 0. The van der Waals surface area contributed by atoms with E-state index in [1.165, 1.54) is 12.3 Å². The van der Waals surface area contributed by atoms with E-state index in [-0.39, 0.29) is 17.3 Å². The second-order valence-corrected chi connectivity index (χ2v) is 5.04. The van der Waals surface area contributed by atoms with Crippen molar-refractivity contribution in [2.24, 2.45) is 0 Å². The minimum atomic E-state index is -0.706. The van der Waals surface area contributed by atoms with Gasteiger partial charge in [-0.1, -0.05) is 5.16 Å². The number of hydrogen-bond donors (Lipinski definition) is 2. The molecule has 0 aromatic carbocycles. The first-order chi connectivity index (χ1) is 12.7. The summed E-state index contributed by atoms with van der Waals surface area (Å²) in [7, 11) is 0. The SMILES string of the molecule is O=C(Nc1ncccc1-c1noc(=O)[nH]1)c1ccc(-n2ccnc2)nn1. The standard InChI is InChI=1S/C15H10N8O3/c24-14(10-3-4-11(21-20-10)23-7-6-16-8-23)18-12-9(2-1-5-17-12)13-19-15(25)26-22-13/h1-8H,(H,17,18,24)(H,19,22,25). The monoisotopic (exact) mass is 350 g/mol. The fourth-order valence-corrected chi connectivity index (χ4v) is 2.19. The van der Waals surface area contributed by atoms with Gasteiger partial charge < -0.3 is 5.32 Å². The van der Waals surface area contributed by atoms with Gasteiger partial charge in [0, 0.05) is 18.6 Å². The molecule has 0 atom stereocenters. The lowest BCUT2D eigenvalue weighted by molar-refractivity contribution is 0.102. The zero-order valence-corrected chi connectivity index (χ0v) is 13.0. The highest BCUT2D eigenvalue weighted by Gasteiger charge is 2.15. The van der Waals surface area contributed by atoms with Gasteiger partial charge >= 0.3 is 5.76 Å². The van der Waals surface area contributed by atoms with Crippen LogP contribution in [0, 0.1) is 0 Å². The van der Waals surface area contributed by atoms with Gasteiger partial charge in [0.1, 0.15) is 12.1 Å². The Labute approximate surface area is 144 Å². The Morgan fingerprint density at radius 1 is 1.19 bits per heavy atom. The summed E-state index contributed by atoms with van der Waals surface area (Å²) in [4.78, 5) is 34.0. The van der Waals surface area contributed by atoms with Crippen LogP contribution in [0.4, 0.5) is 5.82 Å². The fourth-order valence-electron chi connectivity index (χ4n) is 2.19. The second-order valence-electron chi connectivity index (χ2n) is 5.04. The van der Waals surface area contributed by atoms with Gasteiger partial charge in [-0.2, -0.15) is 0 Å². The number of amides is 1. The van der Waals surface area contributed by atoms with Gasteiger partial charge in [0.2, 0.25) is 0 Å². The first-order valence-corrected chi connectivity index (χ1v) is 7.35. The van der Waals surface area contributed by atoms with E-state index in [2.05, 4.69) is 40.1 Å². The number of carbonyl (C=O) groups excluding carboxylic acids is 1. The summed E-state index contributed by atoms with van der Waals surface area (Å²) in [6.45, 7) is 0. The highest BCUT2D eigenvalue weighted by Crippen LogP contribution is 2.22. The largest absolute Gasteiger partial charge is 0.439 e. The van der Waals surface area contributed by atoms with Crippen LogP contribution in [-0.4, -0.2) is 40.8 Å². The number of nitrogens with zero attached hydrogens (tertiary/aromatic N) is 6. The van der Waals surface area contributed by atoms with Gasteiger partial charge in [0.25, 0.3) is 5.91 Å². The molecule has 11 heteroatoms. The third-order valence-corrected chi connectivity index (χ3v) is 3.39. The van der Waals surface area contributed by atoms with Crippen molar-refractivity contribution in [3.8, 4) is 17.2 Å². The predicted octanol–water partition coefficient (Wildman–Crippen LogP) is 0.653. The molecule has 26 heavy (non-hydrogen) atoms. The summed E-state index contributed by atoms with van der Waals surface area (Å²) in [6, 6.07) is 6.43. The van der Waals surface area contributed by atoms with Gasteiger partial charge in [0.15, 0.2) is 17.3 Å². The van der Waals surface area contributed by atoms with Crippen LogP contribution in [0.2, 0.25) is 0 Å². The highest BCUT2D eigenvalue weighted by molar-refractivity contribution is 6.03. The normalized spacial score (nSPS) is 10.6. The number of aromatic amines is 1. The van der Waals surface area contributed by atoms with Crippen LogP contribution in [0.25, 0.3) is 17.2 Å². The highest BCUT2D eigenvalue weighted by atomic mass is 16.5. The Morgan fingerprint density at radius 3 is 2.81 bits per heavy atom. The maximum Gasteiger partial charge on any atom is 0.439 e. The van der Waals surface area contributed by atoms with Crippen LogP contribution in [-0.2, 0) is 0 Å². The Kier molecular flexibility index (Phi) is 3.78.